The predicted molar refractivity (Wildman–Crippen MR) is 55.4 cm³/mol. The predicted octanol–water partition coefficient (Wildman–Crippen LogP) is 2.19. The number of ketones is 1. The third-order valence-corrected chi connectivity index (χ3v) is 4.37. The van der Waals surface area contributed by atoms with E-state index in [1.54, 1.807) is 0 Å². The fourth-order valence-electron chi connectivity index (χ4n) is 1.77. The monoisotopic (exact) mass is 244 g/mol. The summed E-state index contributed by atoms with van der Waals surface area (Å²) in [6, 6.07) is 2.88. The number of rotatable bonds is 2. The summed E-state index contributed by atoms with van der Waals surface area (Å²) in [5.74, 6) is -1.26. The van der Waals surface area contributed by atoms with Crippen molar-refractivity contribution in [1.82, 2.24) is 0 Å². The lowest BCUT2D eigenvalue weighted by atomic mass is 10.3. The zero-order valence-corrected chi connectivity index (χ0v) is 9.23. The van der Waals surface area contributed by atoms with Crippen molar-refractivity contribution in [3.63, 3.8) is 0 Å². The van der Waals surface area contributed by atoms with Gasteiger partial charge in [0.2, 0.25) is 0 Å². The molecule has 1 aromatic rings. The van der Waals surface area contributed by atoms with Crippen LogP contribution in [0.4, 0.5) is 8.78 Å². The Hall–Kier alpha value is -1.10. The molecule has 0 aliphatic heterocycles. The number of carbonyl (C=O) groups is 1. The second-order valence-electron chi connectivity index (χ2n) is 3.78. The Morgan fingerprint density at radius 2 is 2.06 bits per heavy atom. The van der Waals surface area contributed by atoms with Crippen LogP contribution in [0.2, 0.25) is 0 Å². The Labute approximate surface area is 94.1 Å². The first-order chi connectivity index (χ1) is 7.58. The van der Waals surface area contributed by atoms with Crippen molar-refractivity contribution in [1.29, 1.82) is 0 Å². The van der Waals surface area contributed by atoms with E-state index in [1.165, 1.54) is 0 Å². The summed E-state index contributed by atoms with van der Waals surface area (Å²) in [5.41, 5.74) is 0. The summed E-state index contributed by atoms with van der Waals surface area (Å²) >= 11 is 0. The third kappa shape index (κ3) is 2.19. The summed E-state index contributed by atoms with van der Waals surface area (Å²) in [6.07, 6.45) is 1.07. The first-order valence-electron chi connectivity index (χ1n) is 4.95. The number of halogens is 2. The van der Waals surface area contributed by atoms with Gasteiger partial charge in [-0.3, -0.25) is 9.00 Å². The Bertz CT molecular complexity index is 459. The Morgan fingerprint density at radius 1 is 1.31 bits per heavy atom. The smallest absolute Gasteiger partial charge is 0.139 e. The number of Topliss-reactive ketones (excluding diaryl/α,β-unsaturated/α-hetero) is 1. The summed E-state index contributed by atoms with van der Waals surface area (Å²) in [7, 11) is -1.64. The molecule has 2 rings (SSSR count). The molecular weight excluding hydrogens is 234 g/mol. The third-order valence-electron chi connectivity index (χ3n) is 2.61. The minimum absolute atomic E-state index is 0.0372. The standard InChI is InChI=1S/C11H10F2O2S/c12-7-1-4-10(13)11(5-7)16(15)9-3-2-8(14)6-9/h1,4-5,9H,2-3,6H2. The molecule has 1 fully saturated rings. The molecule has 0 heterocycles. The highest BCUT2D eigenvalue weighted by Gasteiger charge is 2.29. The highest BCUT2D eigenvalue weighted by Crippen LogP contribution is 2.26. The van der Waals surface area contributed by atoms with E-state index in [9.17, 15) is 17.8 Å². The van der Waals surface area contributed by atoms with Crippen LogP contribution in [0.3, 0.4) is 0 Å². The molecule has 2 unspecified atom stereocenters. The number of benzene rings is 1. The van der Waals surface area contributed by atoms with Crippen molar-refractivity contribution in [2.45, 2.75) is 29.4 Å². The van der Waals surface area contributed by atoms with Gasteiger partial charge in [-0.05, 0) is 24.6 Å². The van der Waals surface area contributed by atoms with E-state index in [4.69, 9.17) is 0 Å². The molecule has 0 saturated heterocycles. The van der Waals surface area contributed by atoms with Gasteiger partial charge < -0.3 is 0 Å². The summed E-state index contributed by atoms with van der Waals surface area (Å²) < 4.78 is 38.1. The van der Waals surface area contributed by atoms with E-state index in [0.717, 1.165) is 18.2 Å². The first-order valence-corrected chi connectivity index (χ1v) is 6.16. The summed E-state index contributed by atoms with van der Waals surface area (Å²) in [6.45, 7) is 0. The average molecular weight is 244 g/mol. The molecule has 0 aromatic heterocycles. The maximum absolute atomic E-state index is 13.3. The van der Waals surface area contributed by atoms with Gasteiger partial charge in [0.25, 0.3) is 0 Å². The fraction of sp³-hybridized carbons (Fsp3) is 0.364. The van der Waals surface area contributed by atoms with Gasteiger partial charge in [0.15, 0.2) is 0 Å². The topological polar surface area (TPSA) is 34.1 Å². The lowest BCUT2D eigenvalue weighted by Crippen LogP contribution is -2.13. The molecule has 0 radical (unpaired) electrons. The van der Waals surface area contributed by atoms with E-state index in [0.29, 0.717) is 12.8 Å². The van der Waals surface area contributed by atoms with E-state index in [2.05, 4.69) is 0 Å². The molecule has 1 aromatic carbocycles. The van der Waals surface area contributed by atoms with Crippen LogP contribution in [0.25, 0.3) is 0 Å². The maximum atomic E-state index is 13.3. The van der Waals surface area contributed by atoms with Crippen molar-refractivity contribution >= 4 is 16.6 Å². The van der Waals surface area contributed by atoms with E-state index < -0.39 is 22.4 Å². The van der Waals surface area contributed by atoms with Crippen LogP contribution >= 0.6 is 0 Å². The van der Waals surface area contributed by atoms with Crippen LogP contribution in [0.1, 0.15) is 19.3 Å². The number of hydrogen-bond donors (Lipinski definition) is 0. The van der Waals surface area contributed by atoms with Gasteiger partial charge in [-0.2, -0.15) is 0 Å². The molecule has 2 atom stereocenters. The molecule has 0 spiro atoms. The first kappa shape index (κ1) is 11.4. The highest BCUT2D eigenvalue weighted by atomic mass is 32.2. The molecule has 1 aliphatic rings. The van der Waals surface area contributed by atoms with Crippen LogP contribution in [0.15, 0.2) is 23.1 Å². The molecule has 1 saturated carbocycles. The SMILES string of the molecule is O=C1CCC(S(=O)c2cc(F)ccc2F)C1. The van der Waals surface area contributed by atoms with Crippen LogP contribution in [0, 0.1) is 11.6 Å². The quantitative estimate of drug-likeness (QED) is 0.799. The second-order valence-corrected chi connectivity index (χ2v) is 5.48. The minimum Gasteiger partial charge on any atom is -0.300 e. The molecular formula is C11H10F2O2S. The molecule has 0 bridgehead atoms. The van der Waals surface area contributed by atoms with Crippen molar-refractivity contribution in [3.05, 3.63) is 29.8 Å². The van der Waals surface area contributed by atoms with Crippen LogP contribution in [-0.2, 0) is 15.6 Å². The normalized spacial score (nSPS) is 22.4. The largest absolute Gasteiger partial charge is 0.300 e. The number of carbonyl (C=O) groups excluding carboxylic acids is 1. The molecule has 5 heteroatoms. The van der Waals surface area contributed by atoms with Gasteiger partial charge in [-0.1, -0.05) is 0 Å². The van der Waals surface area contributed by atoms with Crippen molar-refractivity contribution < 1.29 is 17.8 Å². The van der Waals surface area contributed by atoms with Gasteiger partial charge in [-0.15, -0.1) is 0 Å². The lowest BCUT2D eigenvalue weighted by Gasteiger charge is -2.09. The van der Waals surface area contributed by atoms with E-state index in [-0.39, 0.29) is 22.3 Å². The molecule has 2 nitrogen and oxygen atoms in total. The Balaban J connectivity index is 2.27. The molecule has 0 N–H and O–H groups in total. The van der Waals surface area contributed by atoms with Crippen molar-refractivity contribution in [2.75, 3.05) is 0 Å². The van der Waals surface area contributed by atoms with E-state index in [1.807, 2.05) is 0 Å². The average Bonchev–Trinajstić information content (AvgIpc) is 2.67. The van der Waals surface area contributed by atoms with Crippen LogP contribution in [-0.4, -0.2) is 15.2 Å². The van der Waals surface area contributed by atoms with Gasteiger partial charge in [-0.25, -0.2) is 8.78 Å². The van der Waals surface area contributed by atoms with Crippen molar-refractivity contribution in [3.8, 4) is 0 Å². The zero-order chi connectivity index (χ0) is 11.7. The van der Waals surface area contributed by atoms with Crippen molar-refractivity contribution in [2.24, 2.45) is 0 Å². The minimum atomic E-state index is -1.64. The van der Waals surface area contributed by atoms with Gasteiger partial charge in [0.1, 0.15) is 17.4 Å². The molecule has 16 heavy (non-hydrogen) atoms. The summed E-state index contributed by atoms with van der Waals surface area (Å²) in [4.78, 5) is 10.9. The van der Waals surface area contributed by atoms with Crippen LogP contribution < -0.4 is 0 Å². The highest BCUT2D eigenvalue weighted by molar-refractivity contribution is 7.85. The van der Waals surface area contributed by atoms with Gasteiger partial charge >= 0.3 is 0 Å². The zero-order valence-electron chi connectivity index (χ0n) is 8.41. The van der Waals surface area contributed by atoms with Gasteiger partial charge in [0.05, 0.1) is 15.7 Å². The lowest BCUT2D eigenvalue weighted by molar-refractivity contribution is -0.117. The second kappa shape index (κ2) is 4.41. The fourth-order valence-corrected chi connectivity index (χ4v) is 3.29. The van der Waals surface area contributed by atoms with Gasteiger partial charge in [0, 0.05) is 18.1 Å². The molecule has 0 amide bonds. The Morgan fingerprint density at radius 3 is 2.69 bits per heavy atom. The number of hydrogen-bond acceptors (Lipinski definition) is 2. The Kier molecular flexibility index (Phi) is 3.14. The van der Waals surface area contributed by atoms with Crippen LogP contribution in [0.5, 0.6) is 0 Å². The molecule has 86 valence electrons. The molecule has 1 aliphatic carbocycles. The van der Waals surface area contributed by atoms with E-state index >= 15 is 0 Å². The summed E-state index contributed by atoms with van der Waals surface area (Å²) in [5, 5.41) is -0.371. The maximum Gasteiger partial charge on any atom is 0.139 e.